The van der Waals surface area contributed by atoms with Crippen molar-refractivity contribution in [1.29, 1.82) is 0 Å². The lowest BCUT2D eigenvalue weighted by Crippen LogP contribution is -2.16. The molecule has 1 nitrogen and oxygen atoms in total. The normalized spacial score (nSPS) is 13.8. The van der Waals surface area contributed by atoms with Crippen molar-refractivity contribution in [3.05, 3.63) is 0 Å². The van der Waals surface area contributed by atoms with E-state index in [0.717, 1.165) is 11.8 Å². The van der Waals surface area contributed by atoms with E-state index < -0.39 is 0 Å². The van der Waals surface area contributed by atoms with Gasteiger partial charge in [-0.3, -0.25) is 0 Å². The van der Waals surface area contributed by atoms with Gasteiger partial charge in [-0.2, -0.15) is 0 Å². The van der Waals surface area contributed by atoms with Crippen molar-refractivity contribution in [3.8, 4) is 0 Å². The van der Waals surface area contributed by atoms with E-state index in [2.05, 4.69) is 33.0 Å². The average molecular weight is 382 g/mol. The van der Waals surface area contributed by atoms with E-state index in [1.54, 1.807) is 0 Å². The Hall–Kier alpha value is -0.0400. The molecule has 0 aromatic rings. The summed E-state index contributed by atoms with van der Waals surface area (Å²) in [5.41, 5.74) is 0. The Bertz CT molecular complexity index is 263. The van der Waals surface area contributed by atoms with Crippen LogP contribution in [-0.2, 0) is 0 Å². The van der Waals surface area contributed by atoms with Gasteiger partial charge in [0, 0.05) is 0 Å². The van der Waals surface area contributed by atoms with Gasteiger partial charge in [-0.1, -0.05) is 130 Å². The Morgan fingerprint density at radius 1 is 0.444 bits per heavy atom. The highest BCUT2D eigenvalue weighted by atomic mass is 14.8. The monoisotopic (exact) mass is 381 g/mol. The van der Waals surface area contributed by atoms with Crippen LogP contribution in [0.2, 0.25) is 0 Å². The Balaban J connectivity index is 3.14. The van der Waals surface area contributed by atoms with Crippen molar-refractivity contribution in [2.24, 2.45) is 11.8 Å². The molecular formula is C26H55N. The minimum atomic E-state index is 0.941. The fourth-order valence-electron chi connectivity index (χ4n) is 4.20. The molecule has 0 saturated heterocycles. The molecule has 1 N–H and O–H groups in total. The van der Waals surface area contributed by atoms with Crippen LogP contribution in [-0.4, -0.2) is 13.1 Å². The first kappa shape index (κ1) is 27.0. The molecule has 0 heterocycles. The summed E-state index contributed by atoms with van der Waals surface area (Å²) < 4.78 is 0. The Morgan fingerprint density at radius 3 is 1.41 bits per heavy atom. The molecule has 27 heavy (non-hydrogen) atoms. The summed E-state index contributed by atoms with van der Waals surface area (Å²) >= 11 is 0. The molecule has 164 valence electrons. The van der Waals surface area contributed by atoms with Gasteiger partial charge in [-0.25, -0.2) is 0 Å². The van der Waals surface area contributed by atoms with E-state index >= 15 is 0 Å². The fourth-order valence-corrected chi connectivity index (χ4v) is 4.20. The SMILES string of the molecule is CCCCCCCC(C)CCCCNCCCCCCCCC(C)CCC. The van der Waals surface area contributed by atoms with Crippen LogP contribution in [0.15, 0.2) is 0 Å². The lowest BCUT2D eigenvalue weighted by Gasteiger charge is -2.11. The summed E-state index contributed by atoms with van der Waals surface area (Å²) in [6.45, 7) is 12.0. The molecule has 0 rings (SSSR count). The number of hydrogen-bond donors (Lipinski definition) is 1. The van der Waals surface area contributed by atoms with E-state index in [4.69, 9.17) is 0 Å². The summed E-state index contributed by atoms with van der Waals surface area (Å²) in [4.78, 5) is 0. The molecule has 1 heteroatoms. The van der Waals surface area contributed by atoms with Crippen LogP contribution < -0.4 is 5.32 Å². The lowest BCUT2D eigenvalue weighted by molar-refractivity contribution is 0.433. The number of hydrogen-bond acceptors (Lipinski definition) is 1. The summed E-state index contributed by atoms with van der Waals surface area (Å²) in [5, 5.41) is 3.66. The Labute approximate surface area is 173 Å². The second-order valence-corrected chi connectivity index (χ2v) is 9.36. The summed E-state index contributed by atoms with van der Waals surface area (Å²) in [6.07, 6.45) is 25.7. The highest BCUT2D eigenvalue weighted by molar-refractivity contribution is 4.57. The maximum absolute atomic E-state index is 3.66. The van der Waals surface area contributed by atoms with E-state index in [0.29, 0.717) is 0 Å². The van der Waals surface area contributed by atoms with E-state index in [1.807, 2.05) is 0 Å². The third kappa shape index (κ3) is 22.1. The van der Waals surface area contributed by atoms with Crippen molar-refractivity contribution >= 4 is 0 Å². The molecule has 2 atom stereocenters. The summed E-state index contributed by atoms with van der Waals surface area (Å²) in [6, 6.07) is 0. The smallest absolute Gasteiger partial charge is 0.00489 e. The number of nitrogens with one attached hydrogen (secondary N) is 1. The molecule has 0 aliphatic carbocycles. The van der Waals surface area contributed by atoms with Gasteiger partial charge in [0.15, 0.2) is 0 Å². The second-order valence-electron chi connectivity index (χ2n) is 9.36. The zero-order valence-electron chi connectivity index (χ0n) is 19.8. The predicted molar refractivity (Wildman–Crippen MR) is 126 cm³/mol. The first-order chi connectivity index (χ1) is 13.2. The topological polar surface area (TPSA) is 12.0 Å². The second kappa shape index (κ2) is 22.3. The molecule has 2 unspecified atom stereocenters. The highest BCUT2D eigenvalue weighted by Gasteiger charge is 2.02. The summed E-state index contributed by atoms with van der Waals surface area (Å²) in [5.74, 6) is 1.89. The maximum atomic E-state index is 3.66. The molecule has 0 spiro atoms. The molecule has 0 aromatic carbocycles. The van der Waals surface area contributed by atoms with E-state index in [9.17, 15) is 0 Å². The quantitative estimate of drug-likeness (QED) is 0.185. The standard InChI is InChI=1S/C26H55N/c1-5-7-8-11-14-21-26(4)22-16-18-24-27-23-17-13-10-9-12-15-20-25(3)19-6-2/h25-27H,5-24H2,1-4H3. The number of rotatable bonds is 22. The zero-order chi connectivity index (χ0) is 20.0. The van der Waals surface area contributed by atoms with Crippen LogP contribution in [0.25, 0.3) is 0 Å². The lowest BCUT2D eigenvalue weighted by atomic mass is 9.97. The van der Waals surface area contributed by atoms with Crippen molar-refractivity contribution in [2.45, 2.75) is 143 Å². The molecule has 0 aromatic heterocycles. The van der Waals surface area contributed by atoms with Crippen molar-refractivity contribution in [3.63, 3.8) is 0 Å². The van der Waals surface area contributed by atoms with Crippen LogP contribution in [0, 0.1) is 11.8 Å². The first-order valence-electron chi connectivity index (χ1n) is 12.9. The van der Waals surface area contributed by atoms with Gasteiger partial charge < -0.3 is 5.32 Å². The van der Waals surface area contributed by atoms with E-state index in [-0.39, 0.29) is 0 Å². The molecule has 0 bridgehead atoms. The minimum Gasteiger partial charge on any atom is -0.317 e. The van der Waals surface area contributed by atoms with Gasteiger partial charge in [0.2, 0.25) is 0 Å². The highest BCUT2D eigenvalue weighted by Crippen LogP contribution is 2.17. The molecule has 0 aliphatic heterocycles. The van der Waals surface area contributed by atoms with Crippen LogP contribution >= 0.6 is 0 Å². The van der Waals surface area contributed by atoms with Gasteiger partial charge in [0.25, 0.3) is 0 Å². The summed E-state index contributed by atoms with van der Waals surface area (Å²) in [7, 11) is 0. The maximum Gasteiger partial charge on any atom is -0.00489 e. The van der Waals surface area contributed by atoms with Crippen LogP contribution in [0.5, 0.6) is 0 Å². The zero-order valence-corrected chi connectivity index (χ0v) is 19.8. The predicted octanol–water partition coefficient (Wildman–Crippen LogP) is 8.91. The molecular weight excluding hydrogens is 326 g/mol. The van der Waals surface area contributed by atoms with Crippen LogP contribution in [0.1, 0.15) is 143 Å². The van der Waals surface area contributed by atoms with E-state index in [1.165, 1.54) is 129 Å². The third-order valence-electron chi connectivity index (χ3n) is 6.18. The van der Waals surface area contributed by atoms with Crippen LogP contribution in [0.3, 0.4) is 0 Å². The van der Waals surface area contributed by atoms with Gasteiger partial charge in [0.05, 0.1) is 0 Å². The molecule has 0 amide bonds. The van der Waals surface area contributed by atoms with Gasteiger partial charge in [-0.15, -0.1) is 0 Å². The molecule has 0 radical (unpaired) electrons. The van der Waals surface area contributed by atoms with Gasteiger partial charge in [0.1, 0.15) is 0 Å². The van der Waals surface area contributed by atoms with Crippen molar-refractivity contribution in [2.75, 3.05) is 13.1 Å². The first-order valence-corrected chi connectivity index (χ1v) is 12.9. The molecule has 0 aliphatic rings. The van der Waals surface area contributed by atoms with Crippen molar-refractivity contribution < 1.29 is 0 Å². The fraction of sp³-hybridized carbons (Fsp3) is 1.00. The van der Waals surface area contributed by atoms with Gasteiger partial charge >= 0.3 is 0 Å². The van der Waals surface area contributed by atoms with Crippen molar-refractivity contribution in [1.82, 2.24) is 5.32 Å². The molecule has 0 saturated carbocycles. The largest absolute Gasteiger partial charge is 0.317 e. The van der Waals surface area contributed by atoms with Gasteiger partial charge in [-0.05, 0) is 37.8 Å². The van der Waals surface area contributed by atoms with Crippen LogP contribution in [0.4, 0.5) is 0 Å². The Morgan fingerprint density at radius 2 is 0.852 bits per heavy atom. The molecule has 0 fully saturated rings. The number of unbranched alkanes of at least 4 members (excludes halogenated alkanes) is 10. The minimum absolute atomic E-state index is 0.941. The Kier molecular flexibility index (Phi) is 22.2. The third-order valence-corrected chi connectivity index (χ3v) is 6.18. The average Bonchev–Trinajstić information content (AvgIpc) is 2.65.